The summed E-state index contributed by atoms with van der Waals surface area (Å²) in [7, 11) is 0. The number of carbonyl (C=O) groups is 2. The Hall–Kier alpha value is -2.83. The van der Waals surface area contributed by atoms with E-state index in [9.17, 15) is 14.4 Å². The van der Waals surface area contributed by atoms with Gasteiger partial charge in [0.1, 0.15) is 5.58 Å². The molecular weight excluding hydrogens is 381 g/mol. The van der Waals surface area contributed by atoms with Gasteiger partial charge in [-0.3, -0.25) is 9.59 Å². The summed E-state index contributed by atoms with van der Waals surface area (Å²) in [4.78, 5) is 35.9. The molecule has 6 nitrogen and oxygen atoms in total. The van der Waals surface area contributed by atoms with E-state index in [4.69, 9.17) is 32.4 Å². The van der Waals surface area contributed by atoms with Crippen molar-refractivity contribution in [2.45, 2.75) is 0 Å². The number of benzene rings is 2. The van der Waals surface area contributed by atoms with Gasteiger partial charge >= 0.3 is 5.97 Å². The van der Waals surface area contributed by atoms with Crippen molar-refractivity contribution in [1.29, 1.82) is 0 Å². The maximum absolute atomic E-state index is 12.0. The zero-order valence-corrected chi connectivity index (χ0v) is 14.6. The van der Waals surface area contributed by atoms with Crippen LogP contribution in [0.15, 0.2) is 57.7 Å². The summed E-state index contributed by atoms with van der Waals surface area (Å²) in [6.45, 7) is -0.548. The van der Waals surface area contributed by atoms with Gasteiger partial charge in [0, 0.05) is 21.8 Å². The highest BCUT2D eigenvalue weighted by Gasteiger charge is 2.16. The number of amides is 1. The molecule has 1 heterocycles. The van der Waals surface area contributed by atoms with Crippen LogP contribution in [0.2, 0.25) is 10.0 Å². The van der Waals surface area contributed by atoms with Crippen LogP contribution >= 0.6 is 23.2 Å². The number of hydrogen-bond donors (Lipinski definition) is 1. The number of hydrogen-bond acceptors (Lipinski definition) is 5. The number of halogens is 2. The molecule has 1 aromatic heterocycles. The van der Waals surface area contributed by atoms with Crippen molar-refractivity contribution in [3.63, 3.8) is 0 Å². The summed E-state index contributed by atoms with van der Waals surface area (Å²) < 4.78 is 10.2. The van der Waals surface area contributed by atoms with Crippen molar-refractivity contribution >= 4 is 51.7 Å². The minimum Gasteiger partial charge on any atom is -0.450 e. The van der Waals surface area contributed by atoms with Crippen LogP contribution in [0, 0.1) is 0 Å². The van der Waals surface area contributed by atoms with E-state index in [0.717, 1.165) is 6.07 Å². The van der Waals surface area contributed by atoms with Crippen LogP contribution in [0.3, 0.4) is 0 Å². The van der Waals surface area contributed by atoms with Crippen molar-refractivity contribution in [2.24, 2.45) is 0 Å². The Bertz CT molecular complexity index is 1060. The van der Waals surface area contributed by atoms with Gasteiger partial charge in [-0.2, -0.15) is 0 Å². The second-order valence-corrected chi connectivity index (χ2v) is 6.12. The Morgan fingerprint density at radius 1 is 1.04 bits per heavy atom. The van der Waals surface area contributed by atoms with Crippen molar-refractivity contribution in [3.8, 4) is 0 Å². The van der Waals surface area contributed by atoms with Crippen molar-refractivity contribution in [3.05, 3.63) is 74.6 Å². The molecule has 1 amide bonds. The molecule has 0 saturated heterocycles. The van der Waals surface area contributed by atoms with Crippen molar-refractivity contribution in [1.82, 2.24) is 0 Å². The zero-order valence-electron chi connectivity index (χ0n) is 13.1. The maximum atomic E-state index is 12.0. The number of nitrogens with one attached hydrogen (secondary N) is 1. The first-order chi connectivity index (χ1) is 12.4. The van der Waals surface area contributed by atoms with E-state index in [1.54, 1.807) is 24.3 Å². The van der Waals surface area contributed by atoms with E-state index in [1.807, 2.05) is 0 Å². The molecule has 2 aromatic carbocycles. The Morgan fingerprint density at radius 2 is 1.81 bits per heavy atom. The molecule has 8 heteroatoms. The summed E-state index contributed by atoms with van der Waals surface area (Å²) in [5, 5.41) is 3.60. The van der Waals surface area contributed by atoms with Gasteiger partial charge in [-0.25, -0.2) is 4.79 Å². The average molecular weight is 392 g/mol. The Labute approximate surface area is 157 Å². The molecule has 0 spiro atoms. The molecule has 0 aliphatic carbocycles. The molecule has 26 heavy (non-hydrogen) atoms. The van der Waals surface area contributed by atoms with E-state index in [-0.39, 0.29) is 16.7 Å². The number of carbonyl (C=O) groups excluding carboxylic acids is 2. The highest BCUT2D eigenvalue weighted by molar-refractivity contribution is 6.31. The van der Waals surface area contributed by atoms with Gasteiger partial charge < -0.3 is 14.5 Å². The second-order valence-electron chi connectivity index (χ2n) is 5.25. The molecule has 3 aromatic rings. The zero-order chi connectivity index (χ0) is 18.7. The molecule has 1 N–H and O–H groups in total. The topological polar surface area (TPSA) is 85.6 Å². The van der Waals surface area contributed by atoms with Gasteiger partial charge in [-0.1, -0.05) is 29.3 Å². The molecule has 0 saturated carbocycles. The van der Waals surface area contributed by atoms with Crippen LogP contribution in [0.25, 0.3) is 11.0 Å². The van der Waals surface area contributed by atoms with Crippen LogP contribution in [-0.4, -0.2) is 18.5 Å². The molecule has 0 aliphatic heterocycles. The predicted molar refractivity (Wildman–Crippen MR) is 97.9 cm³/mol. The van der Waals surface area contributed by atoms with E-state index >= 15 is 0 Å². The van der Waals surface area contributed by atoms with Gasteiger partial charge in [-0.15, -0.1) is 0 Å². The molecule has 0 fully saturated rings. The van der Waals surface area contributed by atoms with Crippen molar-refractivity contribution < 1.29 is 18.7 Å². The predicted octanol–water partition coefficient (Wildman–Crippen LogP) is 3.90. The Balaban J connectivity index is 1.68. The quantitative estimate of drug-likeness (QED) is 0.681. The van der Waals surface area contributed by atoms with Gasteiger partial charge in [-0.05, 0) is 36.4 Å². The molecule has 0 bridgehead atoms. The summed E-state index contributed by atoms with van der Waals surface area (Å²) in [6.07, 6.45) is 0. The van der Waals surface area contributed by atoms with E-state index < -0.39 is 23.9 Å². The third-order valence-electron chi connectivity index (χ3n) is 3.33. The largest absolute Gasteiger partial charge is 0.450 e. The standard InChI is InChI=1S/C18H11Cl2NO5/c19-10-2-1-3-12(6-10)21-17(23)9-25-18(24)16-8-14(22)13-7-11(20)4-5-15(13)26-16/h1-8H,9H2,(H,21,23). The fourth-order valence-corrected chi connectivity index (χ4v) is 2.56. The first-order valence-corrected chi connectivity index (χ1v) is 8.14. The van der Waals surface area contributed by atoms with Gasteiger partial charge in [0.25, 0.3) is 5.91 Å². The summed E-state index contributed by atoms with van der Waals surface area (Å²) in [5.41, 5.74) is 0.217. The van der Waals surface area contributed by atoms with Crippen LogP contribution in [0.5, 0.6) is 0 Å². The summed E-state index contributed by atoms with van der Waals surface area (Å²) in [5.74, 6) is -1.80. The number of ether oxygens (including phenoxy) is 1. The summed E-state index contributed by atoms with van der Waals surface area (Å²) in [6, 6.07) is 12.0. The third-order valence-corrected chi connectivity index (χ3v) is 3.80. The van der Waals surface area contributed by atoms with Crippen LogP contribution in [0.4, 0.5) is 5.69 Å². The normalized spacial score (nSPS) is 10.5. The lowest BCUT2D eigenvalue weighted by atomic mass is 10.2. The number of anilines is 1. The highest BCUT2D eigenvalue weighted by atomic mass is 35.5. The smallest absolute Gasteiger partial charge is 0.374 e. The maximum Gasteiger partial charge on any atom is 0.374 e. The lowest BCUT2D eigenvalue weighted by Crippen LogP contribution is -2.21. The van der Waals surface area contributed by atoms with Crippen molar-refractivity contribution in [2.75, 3.05) is 11.9 Å². The molecule has 3 rings (SSSR count). The first-order valence-electron chi connectivity index (χ1n) is 7.38. The molecule has 0 aliphatic rings. The SMILES string of the molecule is O=C(COC(=O)c1cc(=O)c2cc(Cl)ccc2o1)Nc1cccc(Cl)c1. The number of fused-ring (bicyclic) bond motifs is 1. The second kappa shape index (κ2) is 7.59. The van der Waals surface area contributed by atoms with Gasteiger partial charge in [0.15, 0.2) is 12.0 Å². The van der Waals surface area contributed by atoms with E-state index in [2.05, 4.69) is 5.32 Å². The van der Waals surface area contributed by atoms with Crippen LogP contribution in [0.1, 0.15) is 10.6 Å². The minimum atomic E-state index is -0.930. The van der Waals surface area contributed by atoms with Gasteiger partial charge in [0.2, 0.25) is 5.76 Å². The van der Waals surface area contributed by atoms with Crippen LogP contribution in [-0.2, 0) is 9.53 Å². The Kier molecular flexibility index (Phi) is 5.25. The molecular formula is C18H11Cl2NO5. The minimum absolute atomic E-state index is 0.192. The molecule has 132 valence electrons. The lowest BCUT2D eigenvalue weighted by molar-refractivity contribution is -0.119. The fourth-order valence-electron chi connectivity index (χ4n) is 2.19. The fraction of sp³-hybridized carbons (Fsp3) is 0.0556. The molecule has 0 atom stereocenters. The average Bonchev–Trinajstić information content (AvgIpc) is 2.60. The first kappa shape index (κ1) is 18.0. The Morgan fingerprint density at radius 3 is 2.58 bits per heavy atom. The van der Waals surface area contributed by atoms with Gasteiger partial charge in [0.05, 0.1) is 5.39 Å². The molecule has 0 unspecified atom stereocenters. The van der Waals surface area contributed by atoms with E-state index in [1.165, 1.54) is 18.2 Å². The molecule has 0 radical (unpaired) electrons. The monoisotopic (exact) mass is 391 g/mol. The summed E-state index contributed by atoms with van der Waals surface area (Å²) >= 11 is 11.7. The lowest BCUT2D eigenvalue weighted by Gasteiger charge is -2.07. The third kappa shape index (κ3) is 4.22. The highest BCUT2D eigenvalue weighted by Crippen LogP contribution is 2.18. The number of rotatable bonds is 4. The number of esters is 1. The van der Waals surface area contributed by atoms with E-state index in [0.29, 0.717) is 15.7 Å². The van der Waals surface area contributed by atoms with Crippen LogP contribution < -0.4 is 10.7 Å².